The Balaban J connectivity index is 1.48. The van der Waals surface area contributed by atoms with Crippen molar-refractivity contribution in [2.75, 3.05) is 0 Å². The van der Waals surface area contributed by atoms with E-state index in [-0.39, 0.29) is 11.7 Å². The number of amides is 1. The maximum Gasteiger partial charge on any atom is 0.261 e. The van der Waals surface area contributed by atoms with Crippen molar-refractivity contribution in [3.63, 3.8) is 0 Å². The number of halogens is 1. The lowest BCUT2D eigenvalue weighted by Crippen LogP contribution is -2.37. The Kier molecular flexibility index (Phi) is 7.44. The van der Waals surface area contributed by atoms with Gasteiger partial charge in [-0.05, 0) is 66.4 Å². The number of carbonyl (C=O) groups is 1. The average Bonchev–Trinajstić information content (AvgIpc) is 2.76. The molecule has 3 aromatic rings. The van der Waals surface area contributed by atoms with Crippen molar-refractivity contribution in [1.29, 1.82) is 0 Å². The van der Waals surface area contributed by atoms with Crippen LogP contribution in [0.2, 0.25) is 0 Å². The third-order valence-electron chi connectivity index (χ3n) is 4.64. The van der Waals surface area contributed by atoms with E-state index in [1.54, 1.807) is 12.1 Å². The molecule has 0 spiro atoms. The first-order valence-electron chi connectivity index (χ1n) is 10.0. The molecule has 0 aliphatic rings. The minimum absolute atomic E-state index is 0.143. The molecule has 1 atom stereocenters. The Morgan fingerprint density at radius 2 is 1.67 bits per heavy atom. The van der Waals surface area contributed by atoms with Crippen LogP contribution in [0, 0.1) is 12.7 Å². The molecular formula is C25H26FNO3. The molecule has 0 aliphatic carbocycles. The quantitative estimate of drug-likeness (QED) is 0.531. The minimum Gasteiger partial charge on any atom is -0.489 e. The molecule has 0 unspecified atom stereocenters. The highest BCUT2D eigenvalue weighted by atomic mass is 19.1. The zero-order valence-corrected chi connectivity index (χ0v) is 17.2. The smallest absolute Gasteiger partial charge is 0.261 e. The SMILES string of the molecule is CC[C@H](Oc1cccc(C)c1)C(=O)NCc1ccc(OCc2ccc(F)cc2)cc1. The topological polar surface area (TPSA) is 47.6 Å². The number of carbonyl (C=O) groups excluding carboxylic acids is 1. The monoisotopic (exact) mass is 407 g/mol. The van der Waals surface area contributed by atoms with Crippen molar-refractivity contribution < 1.29 is 18.7 Å². The van der Waals surface area contributed by atoms with Gasteiger partial charge in [0.15, 0.2) is 6.10 Å². The molecule has 0 aromatic heterocycles. The number of rotatable bonds is 9. The van der Waals surface area contributed by atoms with Gasteiger partial charge in [-0.15, -0.1) is 0 Å². The zero-order chi connectivity index (χ0) is 21.3. The first kappa shape index (κ1) is 21.4. The summed E-state index contributed by atoms with van der Waals surface area (Å²) in [7, 11) is 0. The summed E-state index contributed by atoms with van der Waals surface area (Å²) in [6, 6.07) is 21.4. The molecule has 0 saturated heterocycles. The highest BCUT2D eigenvalue weighted by Crippen LogP contribution is 2.17. The van der Waals surface area contributed by atoms with Crippen LogP contribution in [0.15, 0.2) is 72.8 Å². The minimum atomic E-state index is -0.537. The Labute approximate surface area is 176 Å². The third kappa shape index (κ3) is 6.34. The third-order valence-corrected chi connectivity index (χ3v) is 4.64. The second-order valence-electron chi connectivity index (χ2n) is 7.11. The van der Waals surface area contributed by atoms with Crippen LogP contribution in [0.25, 0.3) is 0 Å². The summed E-state index contributed by atoms with van der Waals surface area (Å²) in [5.41, 5.74) is 2.94. The van der Waals surface area contributed by atoms with Crippen LogP contribution in [0.5, 0.6) is 11.5 Å². The molecule has 0 heterocycles. The van der Waals surface area contributed by atoms with Gasteiger partial charge in [0.25, 0.3) is 5.91 Å². The summed E-state index contributed by atoms with van der Waals surface area (Å²) in [5, 5.41) is 2.93. The molecule has 3 aromatic carbocycles. The lowest BCUT2D eigenvalue weighted by atomic mass is 10.2. The van der Waals surface area contributed by atoms with E-state index in [1.807, 2.05) is 62.4 Å². The highest BCUT2D eigenvalue weighted by Gasteiger charge is 2.18. The van der Waals surface area contributed by atoms with Gasteiger partial charge in [-0.1, -0.05) is 43.3 Å². The predicted octanol–water partition coefficient (Wildman–Crippen LogP) is 5.19. The predicted molar refractivity (Wildman–Crippen MR) is 115 cm³/mol. The van der Waals surface area contributed by atoms with Gasteiger partial charge in [-0.2, -0.15) is 0 Å². The fraction of sp³-hybridized carbons (Fsp3) is 0.240. The van der Waals surface area contributed by atoms with E-state index < -0.39 is 6.10 Å². The first-order chi connectivity index (χ1) is 14.5. The van der Waals surface area contributed by atoms with Crippen molar-refractivity contribution in [2.24, 2.45) is 0 Å². The van der Waals surface area contributed by atoms with Gasteiger partial charge in [0, 0.05) is 6.54 Å². The molecule has 4 nitrogen and oxygen atoms in total. The number of hydrogen-bond acceptors (Lipinski definition) is 3. The largest absolute Gasteiger partial charge is 0.489 e. The molecule has 1 amide bonds. The van der Waals surface area contributed by atoms with Gasteiger partial charge in [0.05, 0.1) is 0 Å². The fourth-order valence-electron chi connectivity index (χ4n) is 2.93. The standard InChI is InChI=1S/C25H26FNO3/c1-3-24(30-23-6-4-5-18(2)15-23)25(28)27-16-19-9-13-22(14-10-19)29-17-20-7-11-21(26)12-8-20/h4-15,24H,3,16-17H2,1-2H3,(H,27,28)/t24-/m0/s1. The molecule has 0 saturated carbocycles. The van der Waals surface area contributed by atoms with Gasteiger partial charge < -0.3 is 14.8 Å². The molecule has 156 valence electrons. The number of hydrogen-bond donors (Lipinski definition) is 1. The molecule has 0 radical (unpaired) electrons. The van der Waals surface area contributed by atoms with E-state index >= 15 is 0 Å². The Hall–Kier alpha value is -3.34. The van der Waals surface area contributed by atoms with Crippen LogP contribution >= 0.6 is 0 Å². The van der Waals surface area contributed by atoms with Crippen LogP contribution in [-0.4, -0.2) is 12.0 Å². The maximum atomic E-state index is 12.9. The van der Waals surface area contributed by atoms with Gasteiger partial charge in [-0.3, -0.25) is 4.79 Å². The molecule has 0 aliphatic heterocycles. The summed E-state index contributed by atoms with van der Waals surface area (Å²) in [6.07, 6.45) is 0.0424. The van der Waals surface area contributed by atoms with Gasteiger partial charge in [0.2, 0.25) is 0 Å². The van der Waals surface area contributed by atoms with Crippen molar-refractivity contribution in [1.82, 2.24) is 5.32 Å². The van der Waals surface area contributed by atoms with E-state index in [9.17, 15) is 9.18 Å². The molecule has 5 heteroatoms. The molecule has 0 bridgehead atoms. The molecule has 1 N–H and O–H groups in total. The van der Waals surface area contributed by atoms with Gasteiger partial charge >= 0.3 is 0 Å². The zero-order valence-electron chi connectivity index (χ0n) is 17.2. The van der Waals surface area contributed by atoms with E-state index in [0.717, 1.165) is 16.7 Å². The lowest BCUT2D eigenvalue weighted by Gasteiger charge is -2.17. The number of aryl methyl sites for hydroxylation is 1. The van der Waals surface area contributed by atoms with Crippen LogP contribution in [0.1, 0.15) is 30.0 Å². The summed E-state index contributed by atoms with van der Waals surface area (Å²) >= 11 is 0. The Bertz CT molecular complexity index is 955. The summed E-state index contributed by atoms with van der Waals surface area (Å²) in [4.78, 5) is 12.5. The Morgan fingerprint density at radius 3 is 2.33 bits per heavy atom. The second kappa shape index (κ2) is 10.4. The van der Waals surface area contributed by atoms with Gasteiger partial charge in [0.1, 0.15) is 23.9 Å². The van der Waals surface area contributed by atoms with Crippen LogP contribution in [-0.2, 0) is 17.9 Å². The van der Waals surface area contributed by atoms with Crippen LogP contribution in [0.4, 0.5) is 4.39 Å². The fourth-order valence-corrected chi connectivity index (χ4v) is 2.93. The number of ether oxygens (including phenoxy) is 2. The van der Waals surface area contributed by atoms with Gasteiger partial charge in [-0.25, -0.2) is 4.39 Å². The van der Waals surface area contributed by atoms with Crippen molar-refractivity contribution >= 4 is 5.91 Å². The maximum absolute atomic E-state index is 12.9. The van der Waals surface area contributed by atoms with E-state index in [1.165, 1.54) is 12.1 Å². The normalized spacial score (nSPS) is 11.6. The summed E-state index contributed by atoms with van der Waals surface area (Å²) in [5.74, 6) is 0.999. The Morgan fingerprint density at radius 1 is 0.967 bits per heavy atom. The van der Waals surface area contributed by atoms with Crippen molar-refractivity contribution in [2.45, 2.75) is 39.5 Å². The number of benzene rings is 3. The van der Waals surface area contributed by atoms with Crippen LogP contribution < -0.4 is 14.8 Å². The molecular weight excluding hydrogens is 381 g/mol. The van der Waals surface area contributed by atoms with Crippen molar-refractivity contribution in [3.05, 3.63) is 95.3 Å². The molecule has 0 fully saturated rings. The summed E-state index contributed by atoms with van der Waals surface area (Å²) < 4.78 is 24.5. The lowest BCUT2D eigenvalue weighted by molar-refractivity contribution is -0.128. The van der Waals surface area contributed by atoms with E-state index in [4.69, 9.17) is 9.47 Å². The summed E-state index contributed by atoms with van der Waals surface area (Å²) in [6.45, 7) is 4.68. The van der Waals surface area contributed by atoms with E-state index in [2.05, 4.69) is 5.32 Å². The molecule has 30 heavy (non-hydrogen) atoms. The second-order valence-corrected chi connectivity index (χ2v) is 7.11. The van der Waals surface area contributed by atoms with Crippen molar-refractivity contribution in [3.8, 4) is 11.5 Å². The number of nitrogens with one attached hydrogen (secondary N) is 1. The van der Waals surface area contributed by atoms with Crippen LogP contribution in [0.3, 0.4) is 0 Å². The highest BCUT2D eigenvalue weighted by molar-refractivity contribution is 5.81. The molecule has 3 rings (SSSR count). The van der Waals surface area contributed by atoms with E-state index in [0.29, 0.717) is 31.1 Å². The average molecular weight is 407 g/mol. The first-order valence-corrected chi connectivity index (χ1v) is 10.0.